The molecule has 1 unspecified atom stereocenters. The van der Waals surface area contributed by atoms with Gasteiger partial charge >= 0.3 is 11.9 Å². The summed E-state index contributed by atoms with van der Waals surface area (Å²) in [5, 5.41) is 19.2. The van der Waals surface area contributed by atoms with Gasteiger partial charge in [-0.15, -0.1) is 0 Å². The summed E-state index contributed by atoms with van der Waals surface area (Å²) in [5.41, 5.74) is -1.12. The van der Waals surface area contributed by atoms with E-state index in [0.29, 0.717) is 6.42 Å². The average molecular weight is 974 g/mol. The first-order valence-electron chi connectivity index (χ1n) is 31.3. The third-order valence-electron chi connectivity index (χ3n) is 15.5. The quantitative estimate of drug-likeness (QED) is 0.0358. The van der Waals surface area contributed by atoms with E-state index in [1.54, 1.807) is 0 Å². The van der Waals surface area contributed by atoms with Crippen LogP contribution in [0.2, 0.25) is 0 Å². The summed E-state index contributed by atoms with van der Waals surface area (Å²) in [5.74, 6) is -1.40. The number of esters is 2. The lowest BCUT2D eigenvalue weighted by Crippen LogP contribution is -2.40. The molecule has 1 atom stereocenters. The van der Waals surface area contributed by atoms with Crippen LogP contribution in [0, 0.1) is 11.3 Å². The van der Waals surface area contributed by atoms with Crippen molar-refractivity contribution >= 4 is 11.9 Å². The third kappa shape index (κ3) is 45.0. The number of allylic oxidation sites excluding steroid dienone is 2. The first-order chi connectivity index (χ1) is 34.1. The number of carbonyl (C=O) groups excluding carboxylic acids is 2. The van der Waals surface area contributed by atoms with Gasteiger partial charge in [0.25, 0.3) is 0 Å². The Labute approximate surface area is 430 Å². The molecule has 6 heteroatoms. The van der Waals surface area contributed by atoms with Gasteiger partial charge in [-0.3, -0.25) is 9.59 Å². The van der Waals surface area contributed by atoms with Crippen molar-refractivity contribution in [2.24, 2.45) is 11.3 Å². The molecule has 69 heavy (non-hydrogen) atoms. The van der Waals surface area contributed by atoms with Crippen LogP contribution in [0.4, 0.5) is 0 Å². The summed E-state index contributed by atoms with van der Waals surface area (Å²) in [6.07, 6.45) is 75.7. The van der Waals surface area contributed by atoms with E-state index in [1.165, 1.54) is 302 Å². The first kappa shape index (κ1) is 65.6. The van der Waals surface area contributed by atoms with E-state index in [9.17, 15) is 19.8 Å². The minimum Gasteiger partial charge on any atom is -0.465 e. The smallest absolute Gasteiger partial charge is 0.309 e. The van der Waals surface area contributed by atoms with Crippen molar-refractivity contribution in [2.75, 3.05) is 26.4 Å². The summed E-state index contributed by atoms with van der Waals surface area (Å²) >= 11 is 0. The van der Waals surface area contributed by atoms with E-state index in [1.807, 2.05) is 0 Å². The van der Waals surface area contributed by atoms with Crippen LogP contribution in [-0.4, -0.2) is 48.6 Å². The predicted octanol–water partition coefficient (Wildman–Crippen LogP) is 19.5. The summed E-state index contributed by atoms with van der Waals surface area (Å²) < 4.78 is 10.6. The molecule has 1 saturated heterocycles. The molecule has 1 aliphatic heterocycles. The van der Waals surface area contributed by atoms with Crippen molar-refractivity contribution in [3.8, 4) is 0 Å². The first-order valence-corrected chi connectivity index (χ1v) is 31.3. The molecular weight excluding hydrogens is 853 g/mol. The van der Waals surface area contributed by atoms with Crippen LogP contribution < -0.4 is 0 Å². The van der Waals surface area contributed by atoms with E-state index in [0.717, 1.165) is 19.3 Å². The van der Waals surface area contributed by atoms with Gasteiger partial charge < -0.3 is 19.7 Å². The Morgan fingerprint density at radius 1 is 0.377 bits per heavy atom. The number of ether oxygens (including phenoxy) is 2. The molecule has 2 N–H and O–H groups in total. The summed E-state index contributed by atoms with van der Waals surface area (Å²) in [7, 11) is 0. The zero-order chi connectivity index (χ0) is 49.7. The maximum Gasteiger partial charge on any atom is 0.309 e. The molecule has 0 radical (unpaired) electrons. The number of hydrogen-bond acceptors (Lipinski definition) is 6. The average Bonchev–Trinajstić information content (AvgIpc) is 3.41. The Morgan fingerprint density at radius 2 is 0.623 bits per heavy atom. The number of rotatable bonds is 54. The molecule has 1 aliphatic rings. The fraction of sp³-hybridized carbons (Fsp3) is 0.937. The molecule has 0 spiro atoms. The zero-order valence-corrected chi connectivity index (χ0v) is 46.4. The Morgan fingerprint density at radius 3 is 0.899 bits per heavy atom. The summed E-state index contributed by atoms with van der Waals surface area (Å²) in [6.45, 7) is 1.20. The number of unbranched alkanes of at least 4 members (excludes halogenated alkanes) is 48. The molecule has 6 nitrogen and oxygen atoms in total. The predicted molar refractivity (Wildman–Crippen MR) is 297 cm³/mol. The lowest BCUT2D eigenvalue weighted by atomic mass is 9.92. The second kappa shape index (κ2) is 52.9. The van der Waals surface area contributed by atoms with E-state index in [2.05, 4.69) is 19.1 Å². The van der Waals surface area contributed by atoms with Crippen molar-refractivity contribution in [1.82, 2.24) is 0 Å². The van der Waals surface area contributed by atoms with Gasteiger partial charge in [0.15, 0.2) is 0 Å². The molecule has 0 saturated carbocycles. The number of aliphatic hydroxyl groups excluding tert-OH is 2. The van der Waals surface area contributed by atoms with Gasteiger partial charge in [-0.2, -0.15) is 0 Å². The fourth-order valence-electron chi connectivity index (χ4n) is 10.4. The summed E-state index contributed by atoms with van der Waals surface area (Å²) in [6, 6.07) is 0. The van der Waals surface area contributed by atoms with E-state index >= 15 is 0 Å². The van der Waals surface area contributed by atoms with Gasteiger partial charge in [0, 0.05) is 0 Å². The molecule has 0 aromatic heterocycles. The Hall–Kier alpha value is -1.40. The molecule has 0 amide bonds. The van der Waals surface area contributed by atoms with Crippen LogP contribution in [-0.2, 0) is 19.1 Å². The van der Waals surface area contributed by atoms with Crippen molar-refractivity contribution in [3.05, 3.63) is 12.2 Å². The molecule has 0 aromatic rings. The lowest BCUT2D eigenvalue weighted by molar-refractivity contribution is -0.155. The number of aliphatic hydroxyl groups is 2. The highest BCUT2D eigenvalue weighted by Crippen LogP contribution is 2.25. The van der Waals surface area contributed by atoms with Crippen LogP contribution in [0.1, 0.15) is 341 Å². The van der Waals surface area contributed by atoms with Crippen LogP contribution in [0.15, 0.2) is 12.2 Å². The van der Waals surface area contributed by atoms with Gasteiger partial charge in [-0.25, -0.2) is 0 Å². The number of carbonyl (C=O) groups is 2. The lowest BCUT2D eigenvalue weighted by Gasteiger charge is -2.27. The SMILES string of the molecule is CCCCCCC/C=C/CCCCCCCCCCCCCCCCCCCCCCCCCCCCCCCCCCCCCCCCCCCCCC1CC(=O)OCC(CO)(CO)COC1=O. The number of cyclic esters (lactones) is 2. The zero-order valence-electron chi connectivity index (χ0n) is 46.4. The maximum atomic E-state index is 12.5. The Balaban J connectivity index is 1.68. The molecule has 0 aromatic carbocycles. The second-order valence-corrected chi connectivity index (χ2v) is 22.4. The van der Waals surface area contributed by atoms with E-state index < -0.39 is 36.5 Å². The van der Waals surface area contributed by atoms with Gasteiger partial charge in [-0.05, 0) is 32.1 Å². The standard InChI is InChI=1S/C63H120O6/c1-2-3-4-5-6-7-8-9-10-11-12-13-14-15-16-17-18-19-20-21-22-23-24-25-26-27-28-29-30-31-32-33-34-35-36-37-38-39-40-41-42-43-44-45-46-47-48-49-50-51-52-53-54-60-55-61(66)68-58-63(56-64,57-65)59-69-62(60)67/h8-9,60,64-65H,2-7,10-59H2,1H3/b9-8+. The van der Waals surface area contributed by atoms with Crippen LogP contribution in [0.5, 0.6) is 0 Å². The maximum absolute atomic E-state index is 12.5. The van der Waals surface area contributed by atoms with Gasteiger partial charge in [0.2, 0.25) is 0 Å². The van der Waals surface area contributed by atoms with Crippen molar-refractivity contribution < 1.29 is 29.3 Å². The molecule has 1 heterocycles. The second-order valence-electron chi connectivity index (χ2n) is 22.4. The van der Waals surface area contributed by atoms with E-state index in [-0.39, 0.29) is 19.6 Å². The highest BCUT2D eigenvalue weighted by Gasteiger charge is 2.36. The van der Waals surface area contributed by atoms with E-state index in [4.69, 9.17) is 9.47 Å². The van der Waals surface area contributed by atoms with Crippen molar-refractivity contribution in [3.63, 3.8) is 0 Å². The molecule has 1 fully saturated rings. The van der Waals surface area contributed by atoms with Crippen LogP contribution in [0.25, 0.3) is 0 Å². The Kier molecular flexibility index (Phi) is 50.3. The van der Waals surface area contributed by atoms with Crippen molar-refractivity contribution in [2.45, 2.75) is 341 Å². The summed E-state index contributed by atoms with van der Waals surface area (Å²) in [4.78, 5) is 24.7. The van der Waals surface area contributed by atoms with Crippen molar-refractivity contribution in [1.29, 1.82) is 0 Å². The molecule has 0 aliphatic carbocycles. The highest BCUT2D eigenvalue weighted by molar-refractivity contribution is 5.80. The van der Waals surface area contributed by atoms with Gasteiger partial charge in [0.05, 0.1) is 31.0 Å². The molecule has 408 valence electrons. The minimum absolute atomic E-state index is 0.00514. The molecular formula is C63H120O6. The van der Waals surface area contributed by atoms with Gasteiger partial charge in [-0.1, -0.05) is 314 Å². The molecule has 1 rings (SSSR count). The molecule has 0 bridgehead atoms. The van der Waals surface area contributed by atoms with Crippen LogP contribution >= 0.6 is 0 Å². The van der Waals surface area contributed by atoms with Crippen LogP contribution in [0.3, 0.4) is 0 Å². The fourth-order valence-corrected chi connectivity index (χ4v) is 10.4. The Bertz CT molecular complexity index is 1090. The van der Waals surface area contributed by atoms with Gasteiger partial charge in [0.1, 0.15) is 13.2 Å². The third-order valence-corrected chi connectivity index (χ3v) is 15.5. The largest absolute Gasteiger partial charge is 0.465 e. The highest BCUT2D eigenvalue weighted by atomic mass is 16.6. The number of hydrogen-bond donors (Lipinski definition) is 2. The topological polar surface area (TPSA) is 93.1 Å². The normalized spacial score (nSPS) is 15.4. The monoisotopic (exact) mass is 973 g/mol. The minimum atomic E-state index is -1.12.